The molecule has 0 aliphatic heterocycles. The highest BCUT2D eigenvalue weighted by atomic mass is 35.5. The average molecular weight is 283 g/mol. The highest BCUT2D eigenvalue weighted by Crippen LogP contribution is 2.16. The number of hydrazone groups is 1. The van der Waals surface area contributed by atoms with E-state index < -0.39 is 5.56 Å². The number of halogens is 1. The molecular weight excluding hydrogens is 272 g/mol. The van der Waals surface area contributed by atoms with Gasteiger partial charge in [0.15, 0.2) is 0 Å². The Kier molecular flexibility index (Phi) is 4.11. The lowest BCUT2D eigenvalue weighted by Crippen LogP contribution is -2.11. The molecule has 2 heterocycles. The summed E-state index contributed by atoms with van der Waals surface area (Å²) in [5.41, 5.74) is 3.63. The fourth-order valence-electron chi connectivity index (χ4n) is 1.34. The second-order valence-corrected chi connectivity index (χ2v) is 4.75. The van der Waals surface area contributed by atoms with E-state index in [1.165, 1.54) is 6.20 Å². The highest BCUT2D eigenvalue weighted by Gasteiger charge is 2.05. The smallest absolute Gasteiger partial charge is 0.275 e. The summed E-state index contributed by atoms with van der Waals surface area (Å²) in [7, 11) is 0. The molecule has 7 heteroatoms. The number of thiophene rings is 1. The first-order chi connectivity index (χ1) is 8.72. The van der Waals surface area contributed by atoms with Crippen LogP contribution < -0.4 is 11.0 Å². The van der Waals surface area contributed by atoms with Gasteiger partial charge in [0.25, 0.3) is 5.56 Å². The van der Waals surface area contributed by atoms with Gasteiger partial charge in [0, 0.05) is 0 Å². The van der Waals surface area contributed by atoms with Gasteiger partial charge in [-0.15, -0.1) is 11.3 Å². The van der Waals surface area contributed by atoms with Gasteiger partial charge in [0.1, 0.15) is 10.7 Å². The zero-order chi connectivity index (χ0) is 13.0. The van der Waals surface area contributed by atoms with Gasteiger partial charge in [-0.25, -0.2) is 5.10 Å². The number of aromatic amines is 1. The summed E-state index contributed by atoms with van der Waals surface area (Å²) in [6, 6.07) is 3.96. The number of aromatic nitrogens is 2. The second-order valence-electron chi connectivity index (χ2n) is 3.43. The van der Waals surface area contributed by atoms with Crippen LogP contribution in [0.1, 0.15) is 18.2 Å². The summed E-state index contributed by atoms with van der Waals surface area (Å²) in [6.07, 6.45) is 2.21. The van der Waals surface area contributed by atoms with E-state index in [0.717, 1.165) is 17.0 Å². The van der Waals surface area contributed by atoms with Crippen LogP contribution in [0, 0.1) is 0 Å². The molecule has 0 aromatic carbocycles. The van der Waals surface area contributed by atoms with Gasteiger partial charge in [-0.3, -0.25) is 10.2 Å². The Morgan fingerprint density at radius 1 is 1.67 bits per heavy atom. The van der Waals surface area contributed by atoms with Crippen molar-refractivity contribution >= 4 is 34.3 Å². The van der Waals surface area contributed by atoms with Crippen LogP contribution in [0.25, 0.3) is 0 Å². The van der Waals surface area contributed by atoms with Crippen molar-refractivity contribution in [3.63, 3.8) is 0 Å². The summed E-state index contributed by atoms with van der Waals surface area (Å²) in [4.78, 5) is 12.3. The molecule has 0 aliphatic carbocycles. The van der Waals surface area contributed by atoms with Crippen LogP contribution in [-0.2, 0) is 0 Å². The molecule has 0 saturated carbocycles. The third-order valence-corrected chi connectivity index (χ3v) is 3.54. The Balaban J connectivity index is 2.24. The molecule has 18 heavy (non-hydrogen) atoms. The van der Waals surface area contributed by atoms with Crippen molar-refractivity contribution in [2.24, 2.45) is 5.10 Å². The standard InChI is InChI=1S/C11H11ClN4OS/c1-2-7(9-4-3-5-18-9)14-15-8-6-13-16-11(17)10(8)12/h3-6H,2H2,1H3,(H2,15,16,17)/b14-7-. The second kappa shape index (κ2) is 5.79. The molecule has 2 aromatic heterocycles. The van der Waals surface area contributed by atoms with Crippen LogP contribution in [0.15, 0.2) is 33.6 Å². The molecule has 94 valence electrons. The van der Waals surface area contributed by atoms with Gasteiger partial charge in [0.05, 0.1) is 16.8 Å². The topological polar surface area (TPSA) is 70.1 Å². The van der Waals surface area contributed by atoms with Crippen molar-refractivity contribution in [3.8, 4) is 0 Å². The number of nitrogens with one attached hydrogen (secondary N) is 2. The van der Waals surface area contributed by atoms with Gasteiger partial charge in [-0.05, 0) is 17.9 Å². The molecule has 0 atom stereocenters. The van der Waals surface area contributed by atoms with Crippen molar-refractivity contribution in [1.29, 1.82) is 0 Å². The van der Waals surface area contributed by atoms with Gasteiger partial charge in [-0.2, -0.15) is 10.2 Å². The Hall–Kier alpha value is -1.66. The monoisotopic (exact) mass is 282 g/mol. The quantitative estimate of drug-likeness (QED) is 0.669. The van der Waals surface area contributed by atoms with Crippen LogP contribution >= 0.6 is 22.9 Å². The third-order valence-electron chi connectivity index (χ3n) is 2.25. The molecule has 5 nitrogen and oxygen atoms in total. The molecule has 2 aromatic rings. The number of rotatable bonds is 4. The molecular formula is C11H11ClN4OS. The minimum atomic E-state index is -0.439. The lowest BCUT2D eigenvalue weighted by molar-refractivity contribution is 0.986. The van der Waals surface area contributed by atoms with Crippen molar-refractivity contribution in [3.05, 3.63) is 44.0 Å². The van der Waals surface area contributed by atoms with Gasteiger partial charge >= 0.3 is 0 Å². The summed E-state index contributed by atoms with van der Waals surface area (Å²) < 4.78 is 0. The first kappa shape index (κ1) is 12.8. The van der Waals surface area contributed by atoms with E-state index >= 15 is 0 Å². The number of H-pyrrole nitrogens is 1. The van der Waals surface area contributed by atoms with Crippen LogP contribution in [0.4, 0.5) is 5.69 Å². The van der Waals surface area contributed by atoms with Gasteiger partial charge < -0.3 is 0 Å². The van der Waals surface area contributed by atoms with Crippen molar-refractivity contribution in [2.45, 2.75) is 13.3 Å². The Bertz CT molecular complexity index is 606. The Morgan fingerprint density at radius 3 is 3.17 bits per heavy atom. The SMILES string of the molecule is CC/C(=N/Nc1cn[nH]c(=O)c1Cl)c1cccs1. The van der Waals surface area contributed by atoms with E-state index in [1.54, 1.807) is 11.3 Å². The number of hydrogen-bond donors (Lipinski definition) is 2. The van der Waals surface area contributed by atoms with Crippen LogP contribution in [0.3, 0.4) is 0 Å². The number of anilines is 1. The van der Waals surface area contributed by atoms with Crippen molar-refractivity contribution in [2.75, 3.05) is 5.43 Å². The summed E-state index contributed by atoms with van der Waals surface area (Å²) in [5, 5.41) is 12.2. The van der Waals surface area contributed by atoms with E-state index in [0.29, 0.717) is 5.69 Å². The van der Waals surface area contributed by atoms with Crippen molar-refractivity contribution < 1.29 is 0 Å². The maximum atomic E-state index is 11.2. The van der Waals surface area contributed by atoms with E-state index in [4.69, 9.17) is 11.6 Å². The predicted molar refractivity (Wildman–Crippen MR) is 74.6 cm³/mol. The number of nitrogens with zero attached hydrogens (tertiary/aromatic N) is 2. The largest absolute Gasteiger partial charge is 0.285 e. The molecule has 0 radical (unpaired) electrons. The van der Waals surface area contributed by atoms with E-state index in [2.05, 4.69) is 20.7 Å². The zero-order valence-corrected chi connectivity index (χ0v) is 11.2. The van der Waals surface area contributed by atoms with E-state index in [-0.39, 0.29) is 5.02 Å². The molecule has 0 bridgehead atoms. The van der Waals surface area contributed by atoms with E-state index in [9.17, 15) is 4.79 Å². The predicted octanol–water partition coefficient (Wildman–Crippen LogP) is 2.71. The third kappa shape index (κ3) is 2.77. The highest BCUT2D eigenvalue weighted by molar-refractivity contribution is 7.12. The molecule has 2 rings (SSSR count). The summed E-state index contributed by atoms with van der Waals surface area (Å²) in [6.45, 7) is 2.01. The van der Waals surface area contributed by atoms with Gasteiger partial charge in [-0.1, -0.05) is 24.6 Å². The van der Waals surface area contributed by atoms with Crippen LogP contribution in [0.2, 0.25) is 5.02 Å². The van der Waals surface area contributed by atoms with Crippen molar-refractivity contribution in [1.82, 2.24) is 10.2 Å². The lowest BCUT2D eigenvalue weighted by atomic mass is 10.2. The van der Waals surface area contributed by atoms with Gasteiger partial charge in [0.2, 0.25) is 0 Å². The summed E-state index contributed by atoms with van der Waals surface area (Å²) >= 11 is 7.44. The Morgan fingerprint density at radius 2 is 2.50 bits per heavy atom. The van der Waals surface area contributed by atoms with E-state index in [1.807, 2.05) is 24.4 Å². The molecule has 0 amide bonds. The van der Waals surface area contributed by atoms with Crippen LogP contribution in [0.5, 0.6) is 0 Å². The normalized spacial score (nSPS) is 11.6. The van der Waals surface area contributed by atoms with Crippen LogP contribution in [-0.4, -0.2) is 15.9 Å². The molecule has 2 N–H and O–H groups in total. The number of hydrogen-bond acceptors (Lipinski definition) is 5. The Labute approximate surface area is 113 Å². The minimum Gasteiger partial charge on any atom is -0.275 e. The molecule has 0 fully saturated rings. The average Bonchev–Trinajstić information content (AvgIpc) is 2.89. The lowest BCUT2D eigenvalue weighted by Gasteiger charge is -2.04. The molecule has 0 unspecified atom stereocenters. The zero-order valence-electron chi connectivity index (χ0n) is 9.61. The first-order valence-corrected chi connectivity index (χ1v) is 6.57. The minimum absolute atomic E-state index is 0.0513. The molecule has 0 saturated heterocycles. The maximum absolute atomic E-state index is 11.2. The first-order valence-electron chi connectivity index (χ1n) is 5.32. The fraction of sp³-hybridized carbons (Fsp3) is 0.182. The molecule has 0 aliphatic rings. The fourth-order valence-corrected chi connectivity index (χ4v) is 2.26. The maximum Gasteiger partial charge on any atom is 0.285 e. The molecule has 0 spiro atoms. The summed E-state index contributed by atoms with van der Waals surface area (Å²) in [5.74, 6) is 0.